The van der Waals surface area contributed by atoms with Crippen LogP contribution in [0.5, 0.6) is 5.75 Å². The fourth-order valence-electron chi connectivity index (χ4n) is 3.60. The molecule has 1 aliphatic heterocycles. The van der Waals surface area contributed by atoms with Crippen molar-refractivity contribution in [3.05, 3.63) is 39.3 Å². The van der Waals surface area contributed by atoms with Gasteiger partial charge in [-0.3, -0.25) is 4.99 Å². The first-order valence-corrected chi connectivity index (χ1v) is 10.00. The van der Waals surface area contributed by atoms with Crippen molar-refractivity contribution in [3.8, 4) is 5.75 Å². The van der Waals surface area contributed by atoms with E-state index in [2.05, 4.69) is 27.1 Å². The number of aliphatic imine (C=N–C) groups is 2. The van der Waals surface area contributed by atoms with Crippen molar-refractivity contribution in [2.24, 2.45) is 15.7 Å². The van der Waals surface area contributed by atoms with Crippen LogP contribution in [0.25, 0.3) is 0 Å². The van der Waals surface area contributed by atoms with E-state index in [-0.39, 0.29) is 35.3 Å². The Morgan fingerprint density at radius 2 is 2.32 bits per heavy atom. The molecule has 31 heavy (non-hydrogen) atoms. The summed E-state index contributed by atoms with van der Waals surface area (Å²) in [5.41, 5.74) is 7.80. The minimum absolute atomic E-state index is 0.0707. The number of cyclic esters (lactones) is 1. The fourth-order valence-corrected chi connectivity index (χ4v) is 3.82. The van der Waals surface area contributed by atoms with E-state index < -0.39 is 24.1 Å². The van der Waals surface area contributed by atoms with Crippen LogP contribution >= 0.6 is 11.6 Å². The third-order valence-corrected chi connectivity index (χ3v) is 5.33. The summed E-state index contributed by atoms with van der Waals surface area (Å²) < 4.78 is 27.7. The molecule has 1 fully saturated rings. The number of halogens is 2. The molecular formula is C20H24ClFN6O3. The summed E-state index contributed by atoms with van der Waals surface area (Å²) in [5.74, 6) is 0.209. The topological polar surface area (TPSA) is 116 Å². The van der Waals surface area contributed by atoms with Gasteiger partial charge in [0.1, 0.15) is 11.6 Å². The van der Waals surface area contributed by atoms with Crippen molar-refractivity contribution in [1.82, 2.24) is 15.1 Å². The van der Waals surface area contributed by atoms with E-state index in [1.807, 2.05) is 6.92 Å². The highest BCUT2D eigenvalue weighted by atomic mass is 35.5. The largest absolute Gasteiger partial charge is 0.493 e. The van der Waals surface area contributed by atoms with Gasteiger partial charge in [-0.1, -0.05) is 11.6 Å². The molecule has 0 spiro atoms. The van der Waals surface area contributed by atoms with E-state index in [0.29, 0.717) is 22.6 Å². The fraction of sp³-hybridized carbons (Fsp3) is 0.400. The molecule has 0 aliphatic carbocycles. The second kappa shape index (κ2) is 8.93. The number of aromatic nitrogens is 2. The van der Waals surface area contributed by atoms with Crippen LogP contribution in [0.1, 0.15) is 48.4 Å². The Labute approximate surface area is 184 Å². The lowest BCUT2D eigenvalue weighted by Gasteiger charge is -2.23. The molecule has 2 aromatic rings. The predicted octanol–water partition coefficient (Wildman–Crippen LogP) is 3.44. The van der Waals surface area contributed by atoms with Crippen molar-refractivity contribution < 1.29 is 18.7 Å². The molecule has 2 heterocycles. The monoisotopic (exact) mass is 450 g/mol. The number of alkyl carbamates (subject to hydrolysis) is 1. The van der Waals surface area contributed by atoms with Gasteiger partial charge in [0, 0.05) is 12.6 Å². The van der Waals surface area contributed by atoms with Crippen molar-refractivity contribution in [2.45, 2.75) is 32.9 Å². The van der Waals surface area contributed by atoms with Gasteiger partial charge in [0.05, 0.1) is 41.0 Å². The van der Waals surface area contributed by atoms with Crippen LogP contribution in [0.2, 0.25) is 5.02 Å². The zero-order chi connectivity index (χ0) is 22.9. The van der Waals surface area contributed by atoms with Gasteiger partial charge in [-0.05, 0) is 33.6 Å². The summed E-state index contributed by atoms with van der Waals surface area (Å²) in [5, 5.41) is 6.94. The molecule has 0 radical (unpaired) electrons. The van der Waals surface area contributed by atoms with Crippen LogP contribution < -0.4 is 15.8 Å². The maximum Gasteiger partial charge on any atom is 0.407 e. The SMILES string of the molecule is C=Nc1c(C(N)=NC)c(C)nn1[C@@H](C)c1cc(Cl)c(F)c([C@@H]2CNC(=O)O2)c1OCC. The predicted molar refractivity (Wildman–Crippen MR) is 116 cm³/mol. The number of benzene rings is 1. The van der Waals surface area contributed by atoms with Crippen LogP contribution in [0.4, 0.5) is 15.0 Å². The highest BCUT2D eigenvalue weighted by Crippen LogP contribution is 2.42. The number of aryl methyl sites for hydroxylation is 1. The van der Waals surface area contributed by atoms with E-state index in [1.54, 1.807) is 25.6 Å². The zero-order valence-corrected chi connectivity index (χ0v) is 18.5. The van der Waals surface area contributed by atoms with Crippen molar-refractivity contribution in [3.63, 3.8) is 0 Å². The highest BCUT2D eigenvalue weighted by Gasteiger charge is 2.34. The molecule has 11 heteroatoms. The molecule has 3 N–H and O–H groups in total. The molecule has 1 amide bonds. The van der Waals surface area contributed by atoms with Crippen LogP contribution in [-0.4, -0.2) is 48.6 Å². The average Bonchev–Trinajstić information content (AvgIpc) is 3.32. The summed E-state index contributed by atoms with van der Waals surface area (Å²) in [6.07, 6.45) is -1.52. The first-order chi connectivity index (χ1) is 14.7. The number of amidine groups is 1. The van der Waals surface area contributed by atoms with E-state index in [9.17, 15) is 4.79 Å². The first kappa shape index (κ1) is 22.5. The van der Waals surface area contributed by atoms with Gasteiger partial charge in [0.2, 0.25) is 0 Å². The molecule has 0 bridgehead atoms. The average molecular weight is 451 g/mol. The Kier molecular flexibility index (Phi) is 6.49. The maximum absolute atomic E-state index is 15.1. The quantitative estimate of drug-likeness (QED) is 0.495. The summed E-state index contributed by atoms with van der Waals surface area (Å²) in [6, 6.07) is 0.974. The summed E-state index contributed by atoms with van der Waals surface area (Å²) in [4.78, 5) is 19.7. The van der Waals surface area contributed by atoms with Gasteiger partial charge in [0.15, 0.2) is 17.7 Å². The Balaban J connectivity index is 2.22. The molecule has 9 nitrogen and oxygen atoms in total. The molecule has 2 atom stereocenters. The van der Waals surface area contributed by atoms with Crippen LogP contribution in [0.15, 0.2) is 16.1 Å². The van der Waals surface area contributed by atoms with Gasteiger partial charge in [0.25, 0.3) is 0 Å². The lowest BCUT2D eigenvalue weighted by molar-refractivity contribution is 0.137. The Bertz CT molecular complexity index is 1070. The molecule has 1 aromatic carbocycles. The van der Waals surface area contributed by atoms with E-state index in [1.165, 1.54) is 6.07 Å². The maximum atomic E-state index is 15.1. The van der Waals surface area contributed by atoms with Gasteiger partial charge < -0.3 is 20.5 Å². The first-order valence-electron chi connectivity index (χ1n) is 9.62. The third kappa shape index (κ3) is 3.95. The van der Waals surface area contributed by atoms with E-state index in [0.717, 1.165) is 0 Å². The number of nitrogens with two attached hydrogens (primary N) is 1. The minimum Gasteiger partial charge on any atom is -0.493 e. The van der Waals surface area contributed by atoms with E-state index >= 15 is 4.39 Å². The van der Waals surface area contributed by atoms with Crippen LogP contribution in [-0.2, 0) is 4.74 Å². The summed E-state index contributed by atoms with van der Waals surface area (Å²) in [6.45, 7) is 9.37. The number of rotatable bonds is 7. The van der Waals surface area contributed by atoms with E-state index in [4.69, 9.17) is 26.8 Å². The lowest BCUT2D eigenvalue weighted by atomic mass is 9.98. The number of carbonyl (C=O) groups is 1. The molecule has 3 rings (SSSR count). The zero-order valence-electron chi connectivity index (χ0n) is 17.7. The Morgan fingerprint density at radius 3 is 2.87 bits per heavy atom. The number of amides is 1. The van der Waals surface area contributed by atoms with Gasteiger partial charge in [-0.2, -0.15) is 5.10 Å². The molecular weight excluding hydrogens is 427 g/mol. The molecule has 0 saturated carbocycles. The summed E-state index contributed by atoms with van der Waals surface area (Å²) in [7, 11) is 1.57. The Morgan fingerprint density at radius 1 is 1.61 bits per heavy atom. The van der Waals surface area contributed by atoms with Crippen LogP contribution in [0.3, 0.4) is 0 Å². The molecule has 166 valence electrons. The Hall–Kier alpha value is -3.14. The number of nitrogens with zero attached hydrogens (tertiary/aromatic N) is 4. The standard InChI is InChI=1S/C20H24ClFN6O3/c1-6-30-17-11(7-12(21)16(22)15(17)13-8-26-20(29)31-13)10(3)28-19(25-5)14(9(2)27-28)18(23)24-4/h7,10,13H,5-6,8H2,1-4H3,(H2,23,24)(H,26,29)/t10-,13-/m0/s1. The normalized spacial score (nSPS) is 17.3. The van der Waals surface area contributed by atoms with Crippen molar-refractivity contribution >= 4 is 36.1 Å². The third-order valence-electron chi connectivity index (χ3n) is 5.05. The smallest absolute Gasteiger partial charge is 0.407 e. The van der Waals surface area contributed by atoms with Crippen LogP contribution in [0, 0.1) is 12.7 Å². The highest BCUT2D eigenvalue weighted by molar-refractivity contribution is 6.31. The van der Waals surface area contributed by atoms with Crippen molar-refractivity contribution in [1.29, 1.82) is 0 Å². The molecule has 0 unspecified atom stereocenters. The van der Waals surface area contributed by atoms with Gasteiger partial charge in [-0.25, -0.2) is 18.9 Å². The number of nitrogens with one attached hydrogen (secondary N) is 1. The number of hydrogen-bond donors (Lipinski definition) is 2. The summed E-state index contributed by atoms with van der Waals surface area (Å²) >= 11 is 6.22. The second-order valence-electron chi connectivity index (χ2n) is 6.88. The minimum atomic E-state index is -0.881. The van der Waals surface area contributed by atoms with Gasteiger partial charge in [-0.15, -0.1) is 0 Å². The lowest BCUT2D eigenvalue weighted by Crippen LogP contribution is -2.16. The number of hydrogen-bond acceptors (Lipinski definition) is 6. The van der Waals surface area contributed by atoms with Crippen molar-refractivity contribution in [2.75, 3.05) is 20.2 Å². The molecule has 1 saturated heterocycles. The molecule has 1 aromatic heterocycles. The molecule has 1 aliphatic rings. The second-order valence-corrected chi connectivity index (χ2v) is 7.29. The van der Waals surface area contributed by atoms with Gasteiger partial charge >= 0.3 is 6.09 Å². The number of ether oxygens (including phenoxy) is 2. The number of carbonyl (C=O) groups excluding carboxylic acids is 1.